The van der Waals surface area contributed by atoms with Crippen LogP contribution >= 0.6 is 11.8 Å². The summed E-state index contributed by atoms with van der Waals surface area (Å²) in [6.45, 7) is 3.02. The number of methoxy groups -OCH3 is 1. The van der Waals surface area contributed by atoms with Crippen molar-refractivity contribution < 1.29 is 9.53 Å². The van der Waals surface area contributed by atoms with Gasteiger partial charge in [0.25, 0.3) is 0 Å². The van der Waals surface area contributed by atoms with E-state index in [0.29, 0.717) is 11.0 Å². The molecule has 1 aromatic rings. The Morgan fingerprint density at radius 1 is 1.39 bits per heavy atom. The minimum atomic E-state index is -0.331. The van der Waals surface area contributed by atoms with Gasteiger partial charge in [-0.3, -0.25) is 4.79 Å². The van der Waals surface area contributed by atoms with E-state index in [2.05, 4.69) is 32.3 Å². The first-order valence-electron chi connectivity index (χ1n) is 5.67. The summed E-state index contributed by atoms with van der Waals surface area (Å²) in [7, 11) is 1.35. The van der Waals surface area contributed by atoms with Gasteiger partial charge in [0.15, 0.2) is 5.16 Å². The number of thioether (sulfide) groups is 1. The lowest BCUT2D eigenvalue weighted by molar-refractivity contribution is -0.138. The third-order valence-corrected chi connectivity index (χ3v) is 2.63. The summed E-state index contributed by atoms with van der Waals surface area (Å²) in [5.41, 5.74) is 0. The monoisotopic (exact) mass is 270 g/mol. The smallest absolute Gasteiger partial charge is 0.325 e. The molecule has 100 valence electrons. The number of nitrogens with zero attached hydrogens (tertiary/aromatic N) is 2. The Kier molecular flexibility index (Phi) is 6.27. The number of carbonyl (C=O) groups is 1. The number of nitrogens with one attached hydrogen (secondary N) is 2. The van der Waals surface area contributed by atoms with Crippen LogP contribution in [0.15, 0.2) is 11.2 Å². The van der Waals surface area contributed by atoms with E-state index < -0.39 is 0 Å². The van der Waals surface area contributed by atoms with Crippen molar-refractivity contribution in [2.75, 3.05) is 37.1 Å². The molecule has 18 heavy (non-hydrogen) atoms. The van der Waals surface area contributed by atoms with Crippen LogP contribution in [0.4, 0.5) is 11.6 Å². The number of esters is 1. The Balaban J connectivity index is 2.73. The predicted molar refractivity (Wildman–Crippen MR) is 73.1 cm³/mol. The van der Waals surface area contributed by atoms with Crippen molar-refractivity contribution in [3.8, 4) is 0 Å². The van der Waals surface area contributed by atoms with Crippen molar-refractivity contribution >= 4 is 29.4 Å². The summed E-state index contributed by atoms with van der Waals surface area (Å²) in [6.07, 6.45) is 2.92. The molecule has 0 aromatic carbocycles. The van der Waals surface area contributed by atoms with Crippen molar-refractivity contribution in [1.29, 1.82) is 0 Å². The number of anilines is 2. The average Bonchev–Trinajstić information content (AvgIpc) is 2.42. The zero-order chi connectivity index (χ0) is 13.4. The molecular weight excluding hydrogens is 252 g/mol. The lowest BCUT2D eigenvalue weighted by Gasteiger charge is -2.09. The van der Waals surface area contributed by atoms with Crippen LogP contribution in [0.1, 0.15) is 13.3 Å². The Bertz CT molecular complexity index is 401. The fourth-order valence-corrected chi connectivity index (χ4v) is 1.56. The molecule has 2 N–H and O–H groups in total. The van der Waals surface area contributed by atoms with Gasteiger partial charge in [-0.25, -0.2) is 9.97 Å². The van der Waals surface area contributed by atoms with Gasteiger partial charge in [-0.2, -0.15) is 0 Å². The molecule has 0 saturated carbocycles. The van der Waals surface area contributed by atoms with Gasteiger partial charge >= 0.3 is 5.97 Å². The molecule has 0 saturated heterocycles. The molecule has 0 bridgehead atoms. The van der Waals surface area contributed by atoms with Crippen LogP contribution in [-0.4, -0.2) is 42.4 Å². The van der Waals surface area contributed by atoms with Crippen molar-refractivity contribution in [3.05, 3.63) is 6.07 Å². The number of rotatable bonds is 7. The van der Waals surface area contributed by atoms with Gasteiger partial charge < -0.3 is 15.4 Å². The fourth-order valence-electron chi connectivity index (χ4n) is 1.19. The van der Waals surface area contributed by atoms with E-state index in [9.17, 15) is 4.79 Å². The van der Waals surface area contributed by atoms with Crippen LogP contribution in [0.3, 0.4) is 0 Å². The molecule has 0 unspecified atom stereocenters. The number of carbonyl (C=O) groups excluding carboxylic acids is 1. The molecule has 6 nitrogen and oxygen atoms in total. The molecule has 1 rings (SSSR count). The Morgan fingerprint density at radius 2 is 2.06 bits per heavy atom. The highest BCUT2D eigenvalue weighted by molar-refractivity contribution is 7.98. The lowest BCUT2D eigenvalue weighted by atomic mass is 10.4. The van der Waals surface area contributed by atoms with Crippen molar-refractivity contribution in [2.45, 2.75) is 18.5 Å². The first kappa shape index (κ1) is 14.6. The zero-order valence-corrected chi connectivity index (χ0v) is 11.6. The van der Waals surface area contributed by atoms with Gasteiger partial charge in [-0.05, 0) is 12.7 Å². The molecule has 0 aliphatic heterocycles. The summed E-state index contributed by atoms with van der Waals surface area (Å²) in [4.78, 5) is 19.6. The third-order valence-electron chi connectivity index (χ3n) is 2.09. The second-order valence-corrected chi connectivity index (χ2v) is 4.25. The number of aromatic nitrogens is 2. The Labute approximate surface area is 111 Å². The molecule has 0 aliphatic carbocycles. The molecular formula is C11H18N4O2S. The lowest BCUT2D eigenvalue weighted by Crippen LogP contribution is -2.16. The fraction of sp³-hybridized carbons (Fsp3) is 0.545. The highest BCUT2D eigenvalue weighted by atomic mass is 32.2. The summed E-state index contributed by atoms with van der Waals surface area (Å²) < 4.78 is 4.56. The first-order valence-corrected chi connectivity index (χ1v) is 6.89. The van der Waals surface area contributed by atoms with Gasteiger partial charge in [0, 0.05) is 12.6 Å². The van der Waals surface area contributed by atoms with Crippen molar-refractivity contribution in [2.24, 2.45) is 0 Å². The molecule has 0 atom stereocenters. The van der Waals surface area contributed by atoms with Crippen molar-refractivity contribution in [3.63, 3.8) is 0 Å². The summed E-state index contributed by atoms with van der Waals surface area (Å²) >= 11 is 1.45. The zero-order valence-electron chi connectivity index (χ0n) is 10.8. The normalized spacial score (nSPS) is 9.94. The van der Waals surface area contributed by atoms with E-state index >= 15 is 0 Å². The second kappa shape index (κ2) is 7.75. The summed E-state index contributed by atoms with van der Waals surface area (Å²) in [5, 5.41) is 6.75. The van der Waals surface area contributed by atoms with Crippen LogP contribution < -0.4 is 10.6 Å². The SMILES string of the molecule is CCCNc1cc(NCC(=O)OC)nc(SC)n1. The quantitative estimate of drug-likeness (QED) is 0.443. The van der Waals surface area contributed by atoms with Crippen LogP contribution in [0, 0.1) is 0 Å². The maximum absolute atomic E-state index is 11.0. The first-order chi connectivity index (χ1) is 8.69. The van der Waals surface area contributed by atoms with Crippen LogP contribution in [-0.2, 0) is 9.53 Å². The molecule has 0 fully saturated rings. The van der Waals surface area contributed by atoms with Crippen LogP contribution in [0.2, 0.25) is 0 Å². The standard InChI is InChI=1S/C11H18N4O2S/c1-4-5-12-8-6-9(13-7-10(16)17-2)15-11(14-8)18-3/h6H,4-5,7H2,1-3H3,(H2,12,13,14,15). The molecule has 0 radical (unpaired) electrons. The maximum Gasteiger partial charge on any atom is 0.325 e. The maximum atomic E-state index is 11.0. The van der Waals surface area contributed by atoms with E-state index in [1.165, 1.54) is 18.9 Å². The molecule has 0 amide bonds. The Hall–Kier alpha value is -1.50. The highest BCUT2D eigenvalue weighted by Gasteiger charge is 2.05. The van der Waals surface area contributed by atoms with Crippen LogP contribution in [0.25, 0.3) is 0 Å². The van der Waals surface area contributed by atoms with Gasteiger partial charge in [0.1, 0.15) is 18.2 Å². The Morgan fingerprint density at radius 3 is 2.61 bits per heavy atom. The predicted octanol–water partition coefficient (Wildman–Crippen LogP) is 1.61. The number of hydrogen-bond donors (Lipinski definition) is 2. The number of hydrogen-bond acceptors (Lipinski definition) is 7. The van der Waals surface area contributed by atoms with Crippen LogP contribution in [0.5, 0.6) is 0 Å². The van der Waals surface area contributed by atoms with Crippen molar-refractivity contribution in [1.82, 2.24) is 9.97 Å². The van der Waals surface area contributed by atoms with E-state index in [-0.39, 0.29) is 12.5 Å². The minimum absolute atomic E-state index is 0.0918. The molecule has 1 heterocycles. The second-order valence-electron chi connectivity index (χ2n) is 3.48. The molecule has 0 aliphatic rings. The summed E-state index contributed by atoms with van der Waals surface area (Å²) in [5.74, 6) is 1.03. The van der Waals surface area contributed by atoms with E-state index in [4.69, 9.17) is 0 Å². The van der Waals surface area contributed by atoms with Gasteiger partial charge in [0.05, 0.1) is 7.11 Å². The van der Waals surface area contributed by atoms with E-state index in [1.807, 2.05) is 6.26 Å². The largest absolute Gasteiger partial charge is 0.468 e. The van der Waals surface area contributed by atoms with Gasteiger partial charge in [-0.15, -0.1) is 0 Å². The average molecular weight is 270 g/mol. The van der Waals surface area contributed by atoms with Gasteiger partial charge in [-0.1, -0.05) is 18.7 Å². The molecule has 0 spiro atoms. The highest BCUT2D eigenvalue weighted by Crippen LogP contribution is 2.17. The topological polar surface area (TPSA) is 76.1 Å². The summed E-state index contributed by atoms with van der Waals surface area (Å²) in [6, 6.07) is 1.78. The number of ether oxygens (including phenoxy) is 1. The van der Waals surface area contributed by atoms with E-state index in [1.54, 1.807) is 6.07 Å². The molecule has 7 heteroatoms. The van der Waals surface area contributed by atoms with Gasteiger partial charge in [0.2, 0.25) is 0 Å². The molecule has 1 aromatic heterocycles. The minimum Gasteiger partial charge on any atom is -0.468 e. The third kappa shape index (κ3) is 4.79. The van der Waals surface area contributed by atoms with E-state index in [0.717, 1.165) is 18.8 Å².